The first kappa shape index (κ1) is 93.8. The van der Waals surface area contributed by atoms with Crippen molar-refractivity contribution < 1.29 is 122 Å². The maximum atomic E-state index is 16.5. The van der Waals surface area contributed by atoms with Crippen LogP contribution in [-0.2, 0) is 42.6 Å². The van der Waals surface area contributed by atoms with E-state index >= 15 is 8.78 Å². The molecule has 10 aliphatic rings. The van der Waals surface area contributed by atoms with Crippen molar-refractivity contribution in [1.82, 2.24) is 19.8 Å². The normalized spacial score (nSPS) is 37.3. The lowest BCUT2D eigenvalue weighted by Gasteiger charge is -2.47. The number of carboxylic acids is 1. The third kappa shape index (κ3) is 18.8. The lowest BCUT2D eigenvalue weighted by molar-refractivity contribution is -0.314. The first-order chi connectivity index (χ1) is 57.3. The number of nitrogens with zero attached hydrogens (tertiary/aromatic N) is 4. The van der Waals surface area contributed by atoms with Crippen LogP contribution in [0.25, 0.3) is 21.8 Å². The van der Waals surface area contributed by atoms with Crippen LogP contribution in [0, 0.1) is 39.3 Å². The zero-order valence-corrected chi connectivity index (χ0v) is 69.1. The van der Waals surface area contributed by atoms with Gasteiger partial charge in [-0.15, -0.1) is 0 Å². The minimum atomic E-state index is -1.64. The summed E-state index contributed by atoms with van der Waals surface area (Å²) in [5.41, 5.74) is 61.0. The van der Waals surface area contributed by atoms with Crippen LogP contribution in [0.15, 0.2) is 9.59 Å². The van der Waals surface area contributed by atoms with Gasteiger partial charge in [0.1, 0.15) is 102 Å². The number of aliphatic hydroxyl groups is 9. The second kappa shape index (κ2) is 38.9. The second-order valence-electron chi connectivity index (χ2n) is 33.8. The van der Waals surface area contributed by atoms with Gasteiger partial charge in [-0.25, -0.2) is 18.4 Å². The van der Waals surface area contributed by atoms with Gasteiger partial charge in [-0.3, -0.25) is 9.59 Å². The van der Waals surface area contributed by atoms with Crippen LogP contribution in [0.1, 0.15) is 121 Å². The Kier molecular flexibility index (Phi) is 30.2. The number of esters is 1. The number of hydrogen-bond donors (Lipinski definition) is 22. The number of aromatic nitrogens is 2. The summed E-state index contributed by atoms with van der Waals surface area (Å²) in [7, 11) is 2.91. The van der Waals surface area contributed by atoms with Gasteiger partial charge >= 0.3 is 11.9 Å². The van der Waals surface area contributed by atoms with Crippen molar-refractivity contribution in [3.63, 3.8) is 0 Å². The SMILES string of the molecule is COc1c(N2CCNC(C)C2)c(F)c(C)c2c(=O)c(C(=O)O)c(C)n(C3CC3)c12.COc1c(N2CCNC(C)C2)c(F)c(C)c2c(=O)c(C(=O)OC[C@H]3O[C@H](O[C@@H]4[C@@H](O)[C@H](O[C@H]5O[C@H](CN)[C@@H](O)C[C@H]5N)[C@@H](N)C[C@H]4N)[C@H](O)[C@@H](N)[C@@H]3O)c(C)n(C3CC3)c12.NC[C@H]1O[C@H](O[C@H]2[C@H](O)[C@@H](O[C@H]3O[C@H](CO)[C@@H](O)[C@H](N)[C@H]3O)[C@H](N)C[C@@H]2N)[C@H](N)C[C@@H]1O. The van der Waals surface area contributed by atoms with E-state index in [1.165, 1.54) is 21.1 Å². The van der Waals surface area contributed by atoms with Gasteiger partial charge in [-0.1, -0.05) is 0 Å². The Morgan fingerprint density at radius 2 is 0.851 bits per heavy atom. The molecular weight excluding hydrogens is 1600 g/mol. The summed E-state index contributed by atoms with van der Waals surface area (Å²) in [6, 6.07) is -6.84. The molecule has 680 valence electrons. The van der Waals surface area contributed by atoms with Gasteiger partial charge in [-0.2, -0.15) is 0 Å². The van der Waals surface area contributed by atoms with Crippen molar-refractivity contribution in [3.05, 3.63) is 65.7 Å². The summed E-state index contributed by atoms with van der Waals surface area (Å²) >= 11 is 0. The molecule has 41 nitrogen and oxygen atoms in total. The van der Waals surface area contributed by atoms with Gasteiger partial charge in [0, 0.05) is 123 Å². The molecule has 6 aliphatic heterocycles. The highest BCUT2D eigenvalue weighted by molar-refractivity contribution is 6.01. The summed E-state index contributed by atoms with van der Waals surface area (Å²) in [5.74, 6) is -2.97. The molecule has 0 spiro atoms. The Bertz CT molecular complexity index is 4450. The number of nitrogens with one attached hydrogen (secondary N) is 2. The van der Waals surface area contributed by atoms with Crippen LogP contribution >= 0.6 is 0 Å². The molecule has 32 N–H and O–H groups in total. The number of benzene rings is 2. The number of piperazine rings is 2. The lowest BCUT2D eigenvalue weighted by Crippen LogP contribution is -2.68. The molecule has 8 heterocycles. The first-order valence-corrected chi connectivity index (χ1v) is 41.3. The van der Waals surface area contributed by atoms with Crippen molar-refractivity contribution in [2.75, 3.05) is 89.6 Å². The first-order valence-electron chi connectivity index (χ1n) is 41.3. The molecule has 2 aromatic heterocycles. The van der Waals surface area contributed by atoms with Crippen molar-refractivity contribution in [2.45, 2.75) is 288 Å². The molecule has 14 rings (SSSR count). The van der Waals surface area contributed by atoms with Crippen LogP contribution in [0.4, 0.5) is 20.2 Å². The molecule has 30 atom stereocenters. The lowest BCUT2D eigenvalue weighted by atomic mass is 9.84. The van der Waals surface area contributed by atoms with E-state index in [2.05, 4.69) is 10.6 Å². The minimum Gasteiger partial charge on any atom is -0.492 e. The van der Waals surface area contributed by atoms with Gasteiger partial charge < -0.3 is 190 Å². The van der Waals surface area contributed by atoms with Crippen LogP contribution < -0.4 is 98.1 Å². The number of fused-ring (bicyclic) bond motifs is 2. The number of methoxy groups -OCH3 is 2. The number of aliphatic hydroxyl groups excluding tert-OH is 9. The van der Waals surface area contributed by atoms with Crippen LogP contribution in [0.3, 0.4) is 0 Å². The minimum absolute atomic E-state index is 0.00399. The van der Waals surface area contributed by atoms with E-state index in [1.54, 1.807) is 20.8 Å². The third-order valence-electron chi connectivity index (χ3n) is 25.0. The zero-order valence-electron chi connectivity index (χ0n) is 69.1. The summed E-state index contributed by atoms with van der Waals surface area (Å²) in [4.78, 5) is 57.1. The predicted octanol–water partition coefficient (Wildman–Crippen LogP) is -6.92. The van der Waals surface area contributed by atoms with Crippen molar-refractivity contribution >= 4 is 45.1 Å². The number of nitrogens with two attached hydrogens (primary N) is 10. The monoisotopic (exact) mass is 1720 g/mol. The third-order valence-corrected chi connectivity index (χ3v) is 25.0. The van der Waals surface area contributed by atoms with E-state index in [4.69, 9.17) is 109 Å². The molecule has 4 aromatic rings. The molecule has 10 fully saturated rings. The van der Waals surface area contributed by atoms with Gasteiger partial charge in [0.15, 0.2) is 48.3 Å². The maximum absolute atomic E-state index is 16.5. The van der Waals surface area contributed by atoms with Gasteiger partial charge in [0.25, 0.3) is 0 Å². The fourth-order valence-electron chi connectivity index (χ4n) is 18.1. The number of anilines is 2. The number of halogens is 2. The number of pyridine rings is 2. The van der Waals surface area contributed by atoms with Crippen LogP contribution in [0.2, 0.25) is 0 Å². The van der Waals surface area contributed by atoms with E-state index < -0.39 is 219 Å². The molecule has 6 saturated heterocycles. The van der Waals surface area contributed by atoms with E-state index in [0.29, 0.717) is 73.1 Å². The number of aromatic carboxylic acids is 1. The predicted molar refractivity (Wildman–Crippen MR) is 431 cm³/mol. The van der Waals surface area contributed by atoms with E-state index in [0.717, 1.165) is 25.7 Å². The molecule has 0 amide bonds. The summed E-state index contributed by atoms with van der Waals surface area (Å²) in [5, 5.41) is 111. The largest absolute Gasteiger partial charge is 0.492 e. The summed E-state index contributed by atoms with van der Waals surface area (Å²) in [6.45, 7) is 12.8. The Hall–Kier alpha value is -6.30. The fourth-order valence-corrected chi connectivity index (χ4v) is 18.1. The molecule has 0 bridgehead atoms. The Morgan fingerprint density at radius 3 is 1.21 bits per heavy atom. The van der Waals surface area contributed by atoms with E-state index in [1.807, 2.05) is 32.8 Å². The van der Waals surface area contributed by atoms with Crippen molar-refractivity contribution in [2.24, 2.45) is 57.3 Å². The average molecular weight is 1720 g/mol. The topological polar surface area (TPSA) is 673 Å². The fraction of sp³-hybridized carbons (Fsp3) is 0.744. The van der Waals surface area contributed by atoms with Crippen LogP contribution in [-0.4, -0.2) is 335 Å². The number of ether oxygens (including phenoxy) is 11. The quantitative estimate of drug-likeness (QED) is 0.0345. The Labute approximate surface area is 696 Å². The molecule has 4 saturated carbocycles. The maximum Gasteiger partial charge on any atom is 0.344 e. The second-order valence-corrected chi connectivity index (χ2v) is 33.8. The van der Waals surface area contributed by atoms with E-state index in [-0.39, 0.29) is 107 Å². The molecule has 4 aliphatic carbocycles. The Balaban J connectivity index is 0.000000184. The number of carboxylic acid groups (broad SMARTS) is 1. The highest BCUT2D eigenvalue weighted by Gasteiger charge is 2.54. The summed E-state index contributed by atoms with van der Waals surface area (Å²) in [6.07, 6.45) is -20.1. The van der Waals surface area contributed by atoms with Gasteiger partial charge in [0.2, 0.25) is 10.9 Å². The van der Waals surface area contributed by atoms with Gasteiger partial charge in [-0.05, 0) is 92.9 Å². The number of hydrogen-bond acceptors (Lipinski definition) is 38. The molecule has 2 unspecified atom stereocenters. The number of aryl methyl sites for hydroxylation is 2. The number of rotatable bonds is 21. The number of carbonyl (C=O) groups excluding carboxylic acids is 1. The van der Waals surface area contributed by atoms with E-state index in [9.17, 15) is 70.2 Å². The smallest absolute Gasteiger partial charge is 0.344 e. The standard InChI is InChI=1S/C39H61FN8O12.C21H26FN3O4.C18H37N5O9/c1-14-12-47(8-7-46-14)29-26(40)15(2)24-28(36(29)55-4)48(17-5-6-17)16(3)25(31(24)51)37(54)56-13-23-30(50)27(45)32(52)39(58-23)60-35-19(43)9-18(42)34(33(35)53)59-38-20(44)10-21(49)22(11-41)57-38;1-10-9-24(8-7-23-10)18-16(22)11(2)14-17(20(18)29-4)25(13-5-6-13)12(3)15(19(14)26)21(27)28;19-3-9-8(25)2-7(22)17(29-9)31-15-5(20)1-6(21)16(14(15)28)32-18-13(27)11(23)12(26)10(4-24)30-18/h14,17-23,27,30,32-35,38-39,46,49-50,52-53H,5-13,41-45H2,1-4H3;10,13,23H,5-9H2,1-4H3,(H,27,28);5-18,24-28H,1-4,19-23H2/t14?,18-,19+,20+,21-,22+,23+,27-,30+,32+,33-,34+,35-,38+,39+;;5-,6+,7+,8-,9+,10+,11-,12+,13+,14-,15+,16-,17+,18+/m0.0/s1. The van der Waals surface area contributed by atoms with Crippen molar-refractivity contribution in [3.8, 4) is 11.5 Å². The molecule has 0 radical (unpaired) electrons. The highest BCUT2D eigenvalue weighted by Crippen LogP contribution is 2.49. The molecular formula is C78H124F2N16O25. The van der Waals surface area contributed by atoms with Crippen molar-refractivity contribution in [1.29, 1.82) is 0 Å². The molecule has 2 aromatic carbocycles. The zero-order chi connectivity index (χ0) is 88.3. The summed E-state index contributed by atoms with van der Waals surface area (Å²) < 4.78 is 99.5. The van der Waals surface area contributed by atoms with Crippen LogP contribution in [0.5, 0.6) is 11.5 Å². The molecule has 121 heavy (non-hydrogen) atoms. The molecule has 43 heteroatoms. The number of carbonyl (C=O) groups is 2. The highest BCUT2D eigenvalue weighted by atomic mass is 19.1. The van der Waals surface area contributed by atoms with Gasteiger partial charge in [0.05, 0.1) is 91.2 Å². The Morgan fingerprint density at radius 1 is 0.496 bits per heavy atom. The average Bonchev–Trinajstić information content (AvgIpc) is 1.69.